The van der Waals surface area contributed by atoms with Crippen molar-refractivity contribution in [3.05, 3.63) is 59.4 Å². The zero-order valence-corrected chi connectivity index (χ0v) is 14.9. The second-order valence-corrected chi connectivity index (χ2v) is 8.28. The van der Waals surface area contributed by atoms with Crippen molar-refractivity contribution in [1.29, 1.82) is 0 Å². The van der Waals surface area contributed by atoms with Crippen LogP contribution < -0.4 is 10.2 Å². The van der Waals surface area contributed by atoms with Crippen LogP contribution in [0, 0.1) is 29.5 Å². The Labute approximate surface area is 157 Å². The molecule has 2 aromatic carbocycles. The Balaban J connectivity index is 1.32. The summed E-state index contributed by atoms with van der Waals surface area (Å²) < 4.78 is 19.8. The molecule has 5 heteroatoms. The van der Waals surface area contributed by atoms with Gasteiger partial charge in [0, 0.05) is 5.56 Å². The Hall–Kier alpha value is -2.40. The average Bonchev–Trinajstić information content (AvgIpc) is 3.10. The van der Waals surface area contributed by atoms with Crippen LogP contribution in [0.5, 0.6) is 11.5 Å². The van der Waals surface area contributed by atoms with E-state index in [2.05, 4.69) is 12.1 Å². The fourth-order valence-corrected chi connectivity index (χ4v) is 5.93. The molecule has 4 aliphatic carbocycles. The summed E-state index contributed by atoms with van der Waals surface area (Å²) in [7, 11) is 0. The highest BCUT2D eigenvalue weighted by Crippen LogP contribution is 2.64. The molecule has 0 saturated heterocycles. The lowest BCUT2D eigenvalue weighted by molar-refractivity contribution is 0.0706. The molecule has 140 valence electrons. The van der Waals surface area contributed by atoms with Crippen molar-refractivity contribution in [3.63, 3.8) is 0 Å². The molecule has 4 nitrogen and oxygen atoms in total. The normalized spacial score (nSPS) is 30.5. The van der Waals surface area contributed by atoms with Crippen molar-refractivity contribution in [3.8, 4) is 11.5 Å². The van der Waals surface area contributed by atoms with Gasteiger partial charge in [-0.2, -0.15) is 0 Å². The van der Waals surface area contributed by atoms with E-state index >= 15 is 0 Å². The average molecular weight is 367 g/mol. The van der Waals surface area contributed by atoms with Crippen LogP contribution in [0.15, 0.2) is 42.5 Å². The van der Waals surface area contributed by atoms with Crippen molar-refractivity contribution in [2.24, 2.45) is 23.7 Å². The Bertz CT molecular complexity index is 878. The Morgan fingerprint density at radius 1 is 1.04 bits per heavy atom. The second kappa shape index (κ2) is 6.34. The summed E-state index contributed by atoms with van der Waals surface area (Å²) in [4.78, 5) is 11.3. The maximum absolute atomic E-state index is 14.2. The molecule has 2 aromatic rings. The predicted molar refractivity (Wildman–Crippen MR) is 97.3 cm³/mol. The molecule has 1 amide bonds. The number of hydrogen-bond donors (Lipinski definition) is 2. The smallest absolute Gasteiger partial charge is 0.274 e. The molecule has 5 atom stereocenters. The molecule has 4 aliphatic rings. The van der Waals surface area contributed by atoms with Crippen molar-refractivity contribution >= 4 is 5.91 Å². The summed E-state index contributed by atoms with van der Waals surface area (Å²) in [6.45, 7) is 0. The number of ether oxygens (including phenoxy) is 1. The minimum absolute atomic E-state index is 0.0313. The highest BCUT2D eigenvalue weighted by atomic mass is 19.1. The van der Waals surface area contributed by atoms with Gasteiger partial charge in [-0.1, -0.05) is 12.1 Å². The van der Waals surface area contributed by atoms with Crippen LogP contribution in [0.2, 0.25) is 0 Å². The van der Waals surface area contributed by atoms with Crippen LogP contribution in [0.3, 0.4) is 0 Å². The first-order chi connectivity index (χ1) is 13.1. The summed E-state index contributed by atoms with van der Waals surface area (Å²) in [6, 6.07) is 11.9. The fourth-order valence-electron chi connectivity index (χ4n) is 5.93. The number of nitrogens with one attached hydrogen (secondary N) is 1. The first-order valence-electron chi connectivity index (χ1n) is 9.64. The Morgan fingerprint density at radius 3 is 2.52 bits per heavy atom. The van der Waals surface area contributed by atoms with Crippen LogP contribution in [0.1, 0.15) is 47.5 Å². The number of benzene rings is 2. The predicted octanol–water partition coefficient (Wildman–Crippen LogP) is 4.89. The minimum atomic E-state index is -0.759. The topological polar surface area (TPSA) is 58.6 Å². The first kappa shape index (κ1) is 16.8. The molecular formula is C22H22FNO3. The zero-order chi connectivity index (χ0) is 18.5. The van der Waals surface area contributed by atoms with E-state index in [1.54, 1.807) is 0 Å². The summed E-state index contributed by atoms with van der Waals surface area (Å²) in [5.41, 5.74) is 2.90. The van der Waals surface area contributed by atoms with Crippen LogP contribution >= 0.6 is 0 Å². The molecule has 0 heterocycles. The van der Waals surface area contributed by atoms with E-state index in [1.165, 1.54) is 48.9 Å². The third kappa shape index (κ3) is 2.81. The van der Waals surface area contributed by atoms with Crippen molar-refractivity contribution in [2.75, 3.05) is 0 Å². The van der Waals surface area contributed by atoms with Crippen LogP contribution in [-0.2, 0) is 0 Å². The van der Waals surface area contributed by atoms with Crippen LogP contribution in [0.25, 0.3) is 0 Å². The highest BCUT2D eigenvalue weighted by molar-refractivity contribution is 5.93. The summed E-state index contributed by atoms with van der Waals surface area (Å²) in [5.74, 6) is 3.48. The van der Waals surface area contributed by atoms with E-state index in [-0.39, 0.29) is 11.3 Å². The number of halogens is 1. The highest BCUT2D eigenvalue weighted by Gasteiger charge is 2.53. The maximum Gasteiger partial charge on any atom is 0.274 e. The number of carbonyl (C=O) groups is 1. The molecule has 4 saturated carbocycles. The zero-order valence-electron chi connectivity index (χ0n) is 14.9. The maximum atomic E-state index is 14.2. The number of carbonyl (C=O) groups excluding carboxylic acids is 1. The quantitative estimate of drug-likeness (QED) is 0.598. The lowest BCUT2D eigenvalue weighted by Gasteiger charge is -2.32. The van der Waals surface area contributed by atoms with Gasteiger partial charge in [-0.3, -0.25) is 10.0 Å². The largest absolute Gasteiger partial charge is 0.454 e. The van der Waals surface area contributed by atoms with Crippen molar-refractivity contribution in [2.45, 2.75) is 31.6 Å². The molecule has 27 heavy (non-hydrogen) atoms. The van der Waals surface area contributed by atoms with Gasteiger partial charge in [-0.25, -0.2) is 9.87 Å². The number of amides is 1. The molecule has 5 unspecified atom stereocenters. The lowest BCUT2D eigenvalue weighted by atomic mass is 9.73. The molecular weight excluding hydrogens is 345 g/mol. The standard InChI is InChI=1S/C22H22FNO3/c23-19-11-14(22(25)24-26)3-6-20(19)27-17-4-1-13(2-5-17)21-16-8-12-7-15(10-16)18(21)9-12/h1-6,11-12,15-16,18,21,26H,7-10H2,(H,24,25). The monoisotopic (exact) mass is 367 g/mol. The van der Waals surface area contributed by atoms with Gasteiger partial charge < -0.3 is 4.74 Å². The minimum Gasteiger partial charge on any atom is -0.454 e. The van der Waals surface area contributed by atoms with Crippen LogP contribution in [0.4, 0.5) is 4.39 Å². The van der Waals surface area contributed by atoms with E-state index in [9.17, 15) is 9.18 Å². The van der Waals surface area contributed by atoms with E-state index < -0.39 is 11.7 Å². The van der Waals surface area contributed by atoms with E-state index in [1.807, 2.05) is 12.1 Å². The molecule has 4 bridgehead atoms. The second-order valence-electron chi connectivity index (χ2n) is 8.28. The van der Waals surface area contributed by atoms with Gasteiger partial charge in [-0.15, -0.1) is 0 Å². The number of hydrogen-bond acceptors (Lipinski definition) is 3. The van der Waals surface area contributed by atoms with Crippen molar-refractivity contribution < 1.29 is 19.1 Å². The van der Waals surface area contributed by atoms with Gasteiger partial charge in [0.15, 0.2) is 11.6 Å². The van der Waals surface area contributed by atoms with Gasteiger partial charge in [-0.05, 0) is 91.2 Å². The van der Waals surface area contributed by atoms with Gasteiger partial charge in [0.1, 0.15) is 5.75 Å². The fraction of sp³-hybridized carbons (Fsp3) is 0.409. The summed E-state index contributed by atoms with van der Waals surface area (Å²) in [5, 5.41) is 8.62. The third-order valence-corrected chi connectivity index (χ3v) is 6.85. The number of rotatable bonds is 4. The van der Waals surface area contributed by atoms with Gasteiger partial charge >= 0.3 is 0 Å². The van der Waals surface area contributed by atoms with E-state index in [0.717, 1.165) is 29.7 Å². The Morgan fingerprint density at radius 2 is 1.81 bits per heavy atom. The van der Waals surface area contributed by atoms with Gasteiger partial charge in [0.25, 0.3) is 5.91 Å². The molecule has 6 rings (SSSR count). The molecule has 0 radical (unpaired) electrons. The molecule has 2 N–H and O–H groups in total. The van der Waals surface area contributed by atoms with Gasteiger partial charge in [0.05, 0.1) is 0 Å². The molecule has 4 fully saturated rings. The van der Waals surface area contributed by atoms with Crippen molar-refractivity contribution in [1.82, 2.24) is 5.48 Å². The Kier molecular flexibility index (Phi) is 3.93. The van der Waals surface area contributed by atoms with E-state index in [4.69, 9.17) is 9.94 Å². The summed E-state index contributed by atoms with van der Waals surface area (Å²) >= 11 is 0. The van der Waals surface area contributed by atoms with Gasteiger partial charge in [0.2, 0.25) is 0 Å². The van der Waals surface area contributed by atoms with Crippen LogP contribution in [-0.4, -0.2) is 11.1 Å². The third-order valence-electron chi connectivity index (χ3n) is 6.85. The lowest BCUT2D eigenvalue weighted by Crippen LogP contribution is -2.21. The number of hydroxylamine groups is 1. The molecule has 0 aromatic heterocycles. The summed E-state index contributed by atoms with van der Waals surface area (Å²) in [6.07, 6.45) is 5.60. The first-order valence-corrected chi connectivity index (χ1v) is 9.64. The SMILES string of the molecule is O=C(NO)c1ccc(Oc2ccc(C3C4CC5CC(C4)C3C5)cc2)c(F)c1. The molecule has 0 aliphatic heterocycles. The van der Waals surface area contributed by atoms with E-state index in [0.29, 0.717) is 11.7 Å². The molecule has 0 spiro atoms.